The van der Waals surface area contributed by atoms with E-state index in [2.05, 4.69) is 0 Å². The molecular weight excluding hydrogens is 335 g/mol. The molecule has 0 aliphatic carbocycles. The molecule has 1 unspecified atom stereocenters. The van der Waals surface area contributed by atoms with Gasteiger partial charge in [-0.1, -0.05) is 23.2 Å². The smallest absolute Gasteiger partial charge is 0.275 e. The Labute approximate surface area is 133 Å². The topological polar surface area (TPSA) is 86.2 Å². The van der Waals surface area contributed by atoms with Crippen LogP contribution in [-0.2, 0) is 16.6 Å². The largest absolute Gasteiger partial charge is 0.398 e. The van der Waals surface area contributed by atoms with Gasteiger partial charge in [-0.2, -0.15) is 0 Å². The predicted molar refractivity (Wildman–Crippen MR) is 84.1 cm³/mol. The second kappa shape index (κ2) is 6.43. The Morgan fingerprint density at radius 2 is 1.76 bits per heavy atom. The van der Waals surface area contributed by atoms with Crippen LogP contribution in [-0.4, -0.2) is 9.13 Å². The van der Waals surface area contributed by atoms with E-state index in [0.717, 1.165) is 0 Å². The van der Waals surface area contributed by atoms with E-state index in [4.69, 9.17) is 28.9 Å². The molecule has 0 amide bonds. The first-order chi connectivity index (χ1) is 9.88. The summed E-state index contributed by atoms with van der Waals surface area (Å²) in [6.07, 6.45) is 0. The van der Waals surface area contributed by atoms with E-state index in [9.17, 15) is 14.3 Å². The summed E-state index contributed by atoms with van der Waals surface area (Å²) in [5.41, 5.74) is 6.24. The summed E-state index contributed by atoms with van der Waals surface area (Å²) in [6, 6.07) is 8.86. The Kier molecular flexibility index (Phi) is 4.82. The molecule has 0 aliphatic heterocycles. The number of nitrogens with zero attached hydrogens (tertiary/aromatic N) is 1. The molecule has 8 heteroatoms. The van der Waals surface area contributed by atoms with E-state index in [0.29, 0.717) is 21.2 Å². The molecular formula is C13H10Cl2N2O3S. The molecule has 0 fully saturated rings. The highest BCUT2D eigenvalue weighted by Crippen LogP contribution is 2.28. The number of rotatable bonds is 4. The zero-order valence-electron chi connectivity index (χ0n) is 10.6. The average molecular weight is 345 g/mol. The molecule has 0 aromatic heterocycles. The fraction of sp³-hybridized carbons (Fsp3) is 0.0769. The van der Waals surface area contributed by atoms with E-state index >= 15 is 0 Å². The van der Waals surface area contributed by atoms with Crippen molar-refractivity contribution in [2.75, 3.05) is 5.73 Å². The maximum Gasteiger partial charge on any atom is 0.275 e. The van der Waals surface area contributed by atoms with E-state index in [-0.39, 0.29) is 16.5 Å². The van der Waals surface area contributed by atoms with Gasteiger partial charge in [0.15, 0.2) is 0 Å². The highest BCUT2D eigenvalue weighted by atomic mass is 35.5. The summed E-state index contributed by atoms with van der Waals surface area (Å²) in [4.78, 5) is 10.8. The summed E-state index contributed by atoms with van der Waals surface area (Å²) in [7, 11) is -1.55. The van der Waals surface area contributed by atoms with Crippen molar-refractivity contribution in [3.8, 4) is 0 Å². The normalized spacial score (nSPS) is 12.1. The van der Waals surface area contributed by atoms with Gasteiger partial charge in [0.25, 0.3) is 5.69 Å². The second-order valence-electron chi connectivity index (χ2n) is 4.20. The van der Waals surface area contributed by atoms with Crippen molar-refractivity contribution in [1.29, 1.82) is 0 Å². The SMILES string of the molecule is Nc1ccc(Cl)cc1S(=O)Cc1ccc(Cl)cc1[N+](=O)[O-]. The van der Waals surface area contributed by atoms with Crippen molar-refractivity contribution in [3.05, 3.63) is 62.1 Å². The molecule has 0 saturated carbocycles. The summed E-state index contributed by atoms with van der Waals surface area (Å²) in [5.74, 6) is -0.0436. The zero-order valence-corrected chi connectivity index (χ0v) is 12.9. The molecule has 1 atom stereocenters. The number of nitrogens with two attached hydrogens (primary N) is 1. The minimum atomic E-state index is -1.55. The predicted octanol–water partition coefficient (Wildman–Crippen LogP) is 3.79. The Hall–Kier alpha value is -1.63. The first-order valence-corrected chi connectivity index (χ1v) is 7.82. The third-order valence-electron chi connectivity index (χ3n) is 2.75. The van der Waals surface area contributed by atoms with Gasteiger partial charge < -0.3 is 5.73 Å². The van der Waals surface area contributed by atoms with Crippen molar-refractivity contribution in [3.63, 3.8) is 0 Å². The van der Waals surface area contributed by atoms with Gasteiger partial charge in [-0.15, -0.1) is 0 Å². The number of nitro groups is 1. The van der Waals surface area contributed by atoms with Gasteiger partial charge in [-0.05, 0) is 30.3 Å². The number of hydrogen-bond acceptors (Lipinski definition) is 4. The Balaban J connectivity index is 2.36. The van der Waals surface area contributed by atoms with E-state index in [1.165, 1.54) is 24.3 Å². The van der Waals surface area contributed by atoms with Crippen LogP contribution in [0.4, 0.5) is 11.4 Å². The fourth-order valence-corrected chi connectivity index (χ4v) is 3.43. The van der Waals surface area contributed by atoms with Crippen LogP contribution < -0.4 is 5.73 Å². The van der Waals surface area contributed by atoms with Crippen molar-refractivity contribution < 1.29 is 9.13 Å². The molecule has 2 N–H and O–H groups in total. The number of nitrogen functional groups attached to an aromatic ring is 1. The third kappa shape index (κ3) is 3.72. The fourth-order valence-electron chi connectivity index (χ4n) is 1.75. The number of nitro benzene ring substituents is 1. The van der Waals surface area contributed by atoms with Crippen LogP contribution >= 0.6 is 23.2 Å². The van der Waals surface area contributed by atoms with Crippen LogP contribution in [0, 0.1) is 10.1 Å². The first kappa shape index (κ1) is 15.8. The first-order valence-electron chi connectivity index (χ1n) is 5.74. The Bertz CT molecular complexity index is 737. The summed E-state index contributed by atoms with van der Waals surface area (Å²) in [5, 5.41) is 11.7. The molecule has 0 spiro atoms. The molecule has 0 saturated heterocycles. The standard InChI is InChI=1S/C13H10Cl2N2O3S/c14-9-2-1-8(12(5-9)17(18)19)7-21(20)13-6-10(15)3-4-11(13)16/h1-6H,7,16H2. The maximum absolute atomic E-state index is 12.4. The minimum absolute atomic E-state index is 0.0436. The van der Waals surface area contributed by atoms with E-state index in [1.54, 1.807) is 12.1 Å². The van der Waals surface area contributed by atoms with Gasteiger partial charge in [0.2, 0.25) is 0 Å². The second-order valence-corrected chi connectivity index (χ2v) is 6.49. The van der Waals surface area contributed by atoms with Crippen LogP contribution in [0.3, 0.4) is 0 Å². The van der Waals surface area contributed by atoms with E-state index < -0.39 is 15.7 Å². The molecule has 2 rings (SSSR count). The average Bonchev–Trinajstić information content (AvgIpc) is 2.43. The lowest BCUT2D eigenvalue weighted by molar-refractivity contribution is -0.385. The van der Waals surface area contributed by atoms with Crippen molar-refractivity contribution >= 4 is 45.4 Å². The molecule has 5 nitrogen and oxygen atoms in total. The van der Waals surface area contributed by atoms with Crippen LogP contribution in [0.25, 0.3) is 0 Å². The molecule has 0 radical (unpaired) electrons. The lowest BCUT2D eigenvalue weighted by Gasteiger charge is -2.07. The van der Waals surface area contributed by atoms with Gasteiger partial charge in [-0.3, -0.25) is 14.3 Å². The lowest BCUT2D eigenvalue weighted by Crippen LogP contribution is -2.03. The summed E-state index contributed by atoms with van der Waals surface area (Å²) >= 11 is 11.6. The number of anilines is 1. The quantitative estimate of drug-likeness (QED) is 0.519. The molecule has 0 bridgehead atoms. The summed E-state index contributed by atoms with van der Waals surface area (Å²) < 4.78 is 12.4. The van der Waals surface area contributed by atoms with Gasteiger partial charge in [0, 0.05) is 27.4 Å². The number of benzene rings is 2. The van der Waals surface area contributed by atoms with Crippen LogP contribution in [0.1, 0.15) is 5.56 Å². The minimum Gasteiger partial charge on any atom is -0.398 e. The highest BCUT2D eigenvalue weighted by molar-refractivity contribution is 7.84. The molecule has 0 aliphatic rings. The maximum atomic E-state index is 12.4. The Morgan fingerprint density at radius 3 is 2.43 bits per heavy atom. The monoisotopic (exact) mass is 344 g/mol. The highest BCUT2D eigenvalue weighted by Gasteiger charge is 2.18. The molecule has 2 aromatic rings. The summed E-state index contributed by atoms with van der Waals surface area (Å²) in [6.45, 7) is 0. The van der Waals surface area contributed by atoms with E-state index in [1.807, 2.05) is 0 Å². The molecule has 2 aromatic carbocycles. The lowest BCUT2D eigenvalue weighted by atomic mass is 10.2. The van der Waals surface area contributed by atoms with Gasteiger partial charge >= 0.3 is 0 Å². The van der Waals surface area contributed by atoms with Gasteiger partial charge in [0.1, 0.15) is 0 Å². The number of hydrogen-bond donors (Lipinski definition) is 1. The van der Waals surface area contributed by atoms with Crippen molar-refractivity contribution in [2.24, 2.45) is 0 Å². The van der Waals surface area contributed by atoms with Crippen molar-refractivity contribution in [1.82, 2.24) is 0 Å². The number of halogens is 2. The van der Waals surface area contributed by atoms with Crippen LogP contribution in [0.15, 0.2) is 41.3 Å². The molecule has 21 heavy (non-hydrogen) atoms. The molecule has 0 heterocycles. The van der Waals surface area contributed by atoms with Crippen LogP contribution in [0.5, 0.6) is 0 Å². The van der Waals surface area contributed by atoms with Crippen molar-refractivity contribution in [2.45, 2.75) is 10.6 Å². The Morgan fingerprint density at radius 1 is 1.14 bits per heavy atom. The van der Waals surface area contributed by atoms with Crippen LogP contribution in [0.2, 0.25) is 10.0 Å². The van der Waals surface area contributed by atoms with Gasteiger partial charge in [-0.25, -0.2) is 0 Å². The third-order valence-corrected chi connectivity index (χ3v) is 4.64. The van der Waals surface area contributed by atoms with Gasteiger partial charge in [0.05, 0.1) is 26.4 Å². The zero-order chi connectivity index (χ0) is 15.6. The molecule has 110 valence electrons.